The smallest absolute Gasteiger partial charge is 0.293 e. The van der Waals surface area contributed by atoms with E-state index in [0.717, 1.165) is 0 Å². The van der Waals surface area contributed by atoms with Crippen LogP contribution in [0.4, 0.5) is 0 Å². The predicted molar refractivity (Wildman–Crippen MR) is 59.6 cm³/mol. The van der Waals surface area contributed by atoms with Crippen LogP contribution in [0.2, 0.25) is 0 Å². The summed E-state index contributed by atoms with van der Waals surface area (Å²) in [7, 11) is 0. The number of phenolic OH excluding ortho intramolecular Hbond substituents is 2. The molecule has 0 aliphatic rings. The summed E-state index contributed by atoms with van der Waals surface area (Å²) in [6.45, 7) is 0. The molecule has 2 aromatic rings. The highest BCUT2D eigenvalue weighted by Gasteiger charge is 2.13. The molecule has 0 aromatic heterocycles. The molecule has 2 aromatic carbocycles. The average Bonchev–Trinajstić information content (AvgIpc) is 2.39. The molecule has 0 amide bonds. The summed E-state index contributed by atoms with van der Waals surface area (Å²) < 4.78 is 6.69. The Hall–Kier alpha value is -2.29. The summed E-state index contributed by atoms with van der Waals surface area (Å²) >= 11 is 0. The van der Waals surface area contributed by atoms with E-state index in [9.17, 15) is 9.90 Å². The predicted octanol–water partition coefficient (Wildman–Crippen LogP) is 2.33. The van der Waals surface area contributed by atoms with Gasteiger partial charge in [-0.3, -0.25) is 4.79 Å². The molecule has 0 aliphatic heterocycles. The van der Waals surface area contributed by atoms with Crippen LogP contribution in [0.15, 0.2) is 48.5 Å². The number of benzene rings is 2. The second-order valence-corrected chi connectivity index (χ2v) is 3.37. The molecule has 80 valence electrons. The van der Waals surface area contributed by atoms with Crippen molar-refractivity contribution in [1.29, 1.82) is 1.43 Å². The molecule has 0 unspecified atom stereocenters. The molecular weight excluding hydrogens is 204 g/mol. The Morgan fingerprint density at radius 3 is 2.50 bits per heavy atom. The Kier molecular flexibility index (Phi) is 2.28. The molecule has 3 nitrogen and oxygen atoms in total. The largest absolute Gasteiger partial charge is 0.508 e. The lowest BCUT2D eigenvalue weighted by molar-refractivity contribution is 0.103. The minimum atomic E-state index is -0.264. The van der Waals surface area contributed by atoms with Gasteiger partial charge >= 0.3 is 0 Å². The van der Waals surface area contributed by atoms with Crippen molar-refractivity contribution < 1.29 is 15.0 Å². The summed E-state index contributed by atoms with van der Waals surface area (Å²) in [4.78, 5) is 12.0. The zero-order valence-corrected chi connectivity index (χ0v) is 8.38. The molecule has 0 atom stereocenters. The summed E-state index contributed by atoms with van der Waals surface area (Å²) in [5.41, 5.74) is 0.694. The van der Waals surface area contributed by atoms with E-state index in [-0.39, 0.29) is 22.8 Å². The van der Waals surface area contributed by atoms with Gasteiger partial charge < -0.3 is 10.2 Å². The van der Waals surface area contributed by atoms with Gasteiger partial charge in [0.1, 0.15) is 11.5 Å². The van der Waals surface area contributed by atoms with E-state index in [1.165, 1.54) is 18.2 Å². The molecule has 0 heterocycles. The number of hydrogen-bond acceptors (Lipinski definition) is 3. The van der Waals surface area contributed by atoms with Crippen molar-refractivity contribution in [2.24, 2.45) is 0 Å². The third-order valence-corrected chi connectivity index (χ3v) is 2.25. The van der Waals surface area contributed by atoms with Crippen LogP contribution >= 0.6 is 0 Å². The molecule has 0 bridgehead atoms. The third kappa shape index (κ3) is 1.88. The van der Waals surface area contributed by atoms with Crippen LogP contribution in [-0.2, 0) is 0 Å². The Balaban J connectivity index is 2.38. The van der Waals surface area contributed by atoms with Crippen molar-refractivity contribution in [2.45, 2.75) is 0 Å². The number of carbonyl (C=O) groups is 1. The maximum Gasteiger partial charge on any atom is 0.293 e. The van der Waals surface area contributed by atoms with Crippen LogP contribution in [-0.4, -0.2) is 17.4 Å². The van der Waals surface area contributed by atoms with E-state index in [1.54, 1.807) is 24.3 Å². The van der Waals surface area contributed by atoms with Gasteiger partial charge in [0, 0.05) is 11.6 Å². The Bertz CT molecular complexity index is 538. The first-order valence-electron chi connectivity index (χ1n) is 5.19. The molecule has 3 heteroatoms. The van der Waals surface area contributed by atoms with Crippen LogP contribution in [0.1, 0.15) is 15.9 Å². The fourth-order valence-corrected chi connectivity index (χ4v) is 1.45. The van der Waals surface area contributed by atoms with Gasteiger partial charge in [0.15, 0.2) is 5.78 Å². The topological polar surface area (TPSA) is 57.5 Å². The first kappa shape index (κ1) is 8.97. The van der Waals surface area contributed by atoms with E-state index in [0.29, 0.717) is 5.56 Å². The van der Waals surface area contributed by atoms with E-state index >= 15 is 0 Å². The highest BCUT2D eigenvalue weighted by Crippen LogP contribution is 2.24. The van der Waals surface area contributed by atoms with Crippen LogP contribution in [0.3, 0.4) is 0 Å². The number of carbonyl (C=O) groups excluding carboxylic acids is 1. The van der Waals surface area contributed by atoms with Crippen molar-refractivity contribution in [3.63, 3.8) is 0 Å². The number of phenols is 2. The summed E-state index contributed by atoms with van der Waals surface area (Å²) in [6, 6.07) is 12.8. The van der Waals surface area contributed by atoms with Crippen LogP contribution in [0, 0.1) is 0 Å². The number of hydrogen-bond donors (Lipinski definition) is 2. The van der Waals surface area contributed by atoms with Crippen molar-refractivity contribution in [3.8, 4) is 11.5 Å². The Labute approximate surface area is 94.1 Å². The van der Waals surface area contributed by atoms with E-state index in [4.69, 9.17) is 1.43 Å². The molecule has 0 saturated heterocycles. The van der Waals surface area contributed by atoms with Gasteiger partial charge in [-0.05, 0) is 12.1 Å². The van der Waals surface area contributed by atoms with Crippen molar-refractivity contribution in [2.75, 3.05) is 0 Å². The van der Waals surface area contributed by atoms with Gasteiger partial charge in [-0.25, -0.2) is 0 Å². The molecule has 2 N–H and O–H groups in total. The highest BCUT2D eigenvalue weighted by atomic mass is 16.3. The lowest BCUT2D eigenvalue weighted by atomic mass is 10.0. The van der Waals surface area contributed by atoms with Gasteiger partial charge in [-0.15, -0.1) is 0 Å². The van der Waals surface area contributed by atoms with Gasteiger partial charge in [0.2, 0.25) is 0 Å². The molecule has 0 saturated carbocycles. The fourth-order valence-electron chi connectivity index (χ4n) is 1.45. The van der Waals surface area contributed by atoms with Crippen molar-refractivity contribution in [1.82, 2.24) is 0 Å². The molecule has 0 fully saturated rings. The van der Waals surface area contributed by atoms with Crippen LogP contribution in [0.5, 0.6) is 11.5 Å². The van der Waals surface area contributed by atoms with Gasteiger partial charge in [-0.2, -0.15) is 0 Å². The monoisotopic (exact) mass is 215 g/mol. The van der Waals surface area contributed by atoms with Gasteiger partial charge in [0.25, 0.3) is 1.43 Å². The summed E-state index contributed by atoms with van der Waals surface area (Å²) in [5.74, 6) is -0.268. The van der Waals surface area contributed by atoms with Crippen LogP contribution in [0.25, 0.3) is 0 Å². The minimum Gasteiger partial charge on any atom is -0.508 e. The standard InChI is InChI=1S/C13H10O3/c14-10-6-7-11(12(15)8-10)13(16)9-4-2-1-3-5-9/h1-8,14-15H/i/hD. The van der Waals surface area contributed by atoms with E-state index in [2.05, 4.69) is 5.11 Å². The minimum absolute atomic E-state index is 0.187. The quantitative estimate of drug-likeness (QED) is 0.772. The van der Waals surface area contributed by atoms with Crippen molar-refractivity contribution >= 4 is 5.78 Å². The second-order valence-electron chi connectivity index (χ2n) is 3.37. The fraction of sp³-hybridized carbons (Fsp3) is 0. The molecule has 0 spiro atoms. The Morgan fingerprint density at radius 2 is 1.88 bits per heavy atom. The zero-order valence-electron chi connectivity index (χ0n) is 9.38. The molecule has 16 heavy (non-hydrogen) atoms. The third-order valence-electron chi connectivity index (χ3n) is 2.25. The van der Waals surface area contributed by atoms with E-state index < -0.39 is 0 Å². The number of rotatable bonds is 3. The molecule has 0 aliphatic carbocycles. The van der Waals surface area contributed by atoms with Crippen molar-refractivity contribution in [3.05, 3.63) is 59.7 Å². The lowest BCUT2D eigenvalue weighted by Gasteiger charge is -2.04. The molecular formula is C13H10O3. The average molecular weight is 215 g/mol. The highest BCUT2D eigenvalue weighted by molar-refractivity contribution is 6.10. The summed E-state index contributed by atoms with van der Waals surface area (Å²) in [5, 5.41) is 13.9. The Morgan fingerprint density at radius 1 is 1.12 bits per heavy atom. The second kappa shape index (κ2) is 4.06. The first-order valence-corrected chi connectivity index (χ1v) is 4.78. The number of ketones is 1. The number of aromatic hydroxyl groups is 2. The maximum absolute atomic E-state index is 12.0. The van der Waals surface area contributed by atoms with Gasteiger partial charge in [-0.1, -0.05) is 30.3 Å². The van der Waals surface area contributed by atoms with Crippen LogP contribution < -0.4 is 0 Å². The SMILES string of the molecule is [2H]Oc1ccc(C(=O)c2ccccc2)c(O)c1. The molecule has 0 radical (unpaired) electrons. The summed E-state index contributed by atoms with van der Waals surface area (Å²) in [6.07, 6.45) is 0. The first-order chi connectivity index (χ1) is 8.22. The molecule has 2 rings (SSSR count). The van der Waals surface area contributed by atoms with E-state index in [1.807, 2.05) is 6.07 Å². The van der Waals surface area contributed by atoms with Gasteiger partial charge in [0.05, 0.1) is 5.56 Å². The lowest BCUT2D eigenvalue weighted by Crippen LogP contribution is -2.00. The normalized spacial score (nSPS) is 10.6. The zero-order chi connectivity index (χ0) is 12.3. The maximum atomic E-state index is 12.0.